The second-order valence-corrected chi connectivity index (χ2v) is 8.54. The number of fused-ring (bicyclic) bond motifs is 3. The second-order valence-electron chi connectivity index (χ2n) is 6.87. The molecule has 0 unspecified atom stereocenters. The minimum atomic E-state index is -0.870. The highest BCUT2D eigenvalue weighted by atomic mass is 32.2. The standard InChI is InChI=1S/C22H20N2O3S2/c1-2-23-17-7-4-3-6-15(17)16-12-14(9-10-18(16)23)13-19-21(27)24(22(28)29-19)11-5-8-20(25)26/h3-4,6-7,9-10,12-13H,2,5,8,11H2,1H3,(H,25,26)/b19-13-. The number of hydrogen-bond acceptors (Lipinski definition) is 4. The first kappa shape index (κ1) is 19.7. The number of aromatic nitrogens is 1. The molecule has 1 saturated heterocycles. The predicted octanol–water partition coefficient (Wildman–Crippen LogP) is 4.88. The molecule has 5 nitrogen and oxygen atoms in total. The van der Waals surface area contributed by atoms with Gasteiger partial charge in [-0.25, -0.2) is 0 Å². The van der Waals surface area contributed by atoms with Crippen LogP contribution in [-0.2, 0) is 16.1 Å². The number of amides is 1. The molecule has 7 heteroatoms. The zero-order chi connectivity index (χ0) is 20.5. The van der Waals surface area contributed by atoms with Crippen molar-refractivity contribution in [2.24, 2.45) is 0 Å². The van der Waals surface area contributed by atoms with Gasteiger partial charge >= 0.3 is 5.97 Å². The van der Waals surface area contributed by atoms with Crippen LogP contribution in [0.25, 0.3) is 27.9 Å². The van der Waals surface area contributed by atoms with E-state index in [1.165, 1.54) is 33.1 Å². The number of thioether (sulfide) groups is 1. The Morgan fingerprint density at radius 2 is 1.93 bits per heavy atom. The number of rotatable bonds is 6. The first-order valence-corrected chi connectivity index (χ1v) is 10.7. The summed E-state index contributed by atoms with van der Waals surface area (Å²) in [6, 6.07) is 14.6. The summed E-state index contributed by atoms with van der Waals surface area (Å²) in [4.78, 5) is 25.5. The van der Waals surface area contributed by atoms with Crippen molar-refractivity contribution in [2.75, 3.05) is 6.54 Å². The Hall–Kier alpha value is -2.64. The second kappa shape index (κ2) is 8.00. The van der Waals surface area contributed by atoms with Crippen LogP contribution in [0, 0.1) is 0 Å². The van der Waals surface area contributed by atoms with Crippen molar-refractivity contribution >= 4 is 68.1 Å². The molecule has 0 spiro atoms. The highest BCUT2D eigenvalue weighted by Crippen LogP contribution is 2.34. The van der Waals surface area contributed by atoms with E-state index in [1.807, 2.05) is 24.3 Å². The largest absolute Gasteiger partial charge is 0.481 e. The number of aryl methyl sites for hydroxylation is 1. The topological polar surface area (TPSA) is 62.5 Å². The van der Waals surface area contributed by atoms with E-state index in [0.717, 1.165) is 17.5 Å². The van der Waals surface area contributed by atoms with E-state index >= 15 is 0 Å². The zero-order valence-electron chi connectivity index (χ0n) is 15.9. The van der Waals surface area contributed by atoms with Gasteiger partial charge in [-0.05, 0) is 43.2 Å². The maximum atomic E-state index is 12.7. The Bertz CT molecular complexity index is 1180. The van der Waals surface area contributed by atoms with E-state index in [1.54, 1.807) is 0 Å². The summed E-state index contributed by atoms with van der Waals surface area (Å²) in [5.74, 6) is -1.02. The molecule has 1 aliphatic heterocycles. The van der Waals surface area contributed by atoms with Crippen LogP contribution in [0.3, 0.4) is 0 Å². The molecule has 0 atom stereocenters. The van der Waals surface area contributed by atoms with Crippen LogP contribution in [0.15, 0.2) is 47.4 Å². The number of hydrogen-bond donors (Lipinski definition) is 1. The minimum absolute atomic E-state index is 0.0221. The van der Waals surface area contributed by atoms with E-state index in [4.69, 9.17) is 17.3 Å². The zero-order valence-corrected chi connectivity index (χ0v) is 17.6. The number of benzene rings is 2. The SMILES string of the molecule is CCn1c2ccccc2c2cc(/C=C3\SC(=S)N(CCCC(=O)O)C3=O)ccc21. The van der Waals surface area contributed by atoms with Crippen molar-refractivity contribution in [3.8, 4) is 0 Å². The summed E-state index contributed by atoms with van der Waals surface area (Å²) in [7, 11) is 0. The van der Waals surface area contributed by atoms with Crippen molar-refractivity contribution < 1.29 is 14.7 Å². The van der Waals surface area contributed by atoms with Gasteiger partial charge in [0.15, 0.2) is 0 Å². The number of para-hydroxylation sites is 1. The molecule has 0 radical (unpaired) electrons. The van der Waals surface area contributed by atoms with Gasteiger partial charge in [-0.2, -0.15) is 0 Å². The molecule has 1 aromatic heterocycles. The van der Waals surface area contributed by atoms with Gasteiger partial charge in [-0.3, -0.25) is 14.5 Å². The highest BCUT2D eigenvalue weighted by molar-refractivity contribution is 8.26. The fourth-order valence-electron chi connectivity index (χ4n) is 3.73. The Balaban J connectivity index is 1.66. The lowest BCUT2D eigenvalue weighted by atomic mass is 10.1. The quantitative estimate of drug-likeness (QED) is 0.451. The number of thiocarbonyl (C=S) groups is 1. The summed E-state index contributed by atoms with van der Waals surface area (Å²) in [5.41, 5.74) is 3.32. The summed E-state index contributed by atoms with van der Waals surface area (Å²) < 4.78 is 2.77. The van der Waals surface area contributed by atoms with Crippen molar-refractivity contribution in [2.45, 2.75) is 26.3 Å². The summed E-state index contributed by atoms with van der Waals surface area (Å²) >= 11 is 6.60. The van der Waals surface area contributed by atoms with Crippen LogP contribution in [-0.4, -0.2) is 37.3 Å². The first-order chi connectivity index (χ1) is 14.0. The summed E-state index contributed by atoms with van der Waals surface area (Å²) in [6.07, 6.45) is 2.28. The first-order valence-electron chi connectivity index (χ1n) is 9.47. The van der Waals surface area contributed by atoms with Gasteiger partial charge in [0, 0.05) is 41.3 Å². The van der Waals surface area contributed by atoms with E-state index in [-0.39, 0.29) is 12.3 Å². The fourth-order valence-corrected chi connectivity index (χ4v) is 5.04. The molecule has 2 heterocycles. The third-order valence-electron chi connectivity index (χ3n) is 5.06. The van der Waals surface area contributed by atoms with Crippen LogP contribution >= 0.6 is 24.0 Å². The normalized spacial score (nSPS) is 15.9. The molecule has 29 heavy (non-hydrogen) atoms. The summed E-state index contributed by atoms with van der Waals surface area (Å²) in [5, 5.41) is 11.1. The van der Waals surface area contributed by atoms with Crippen molar-refractivity contribution in [3.05, 3.63) is 52.9 Å². The molecule has 3 aromatic rings. The molecule has 148 valence electrons. The van der Waals surface area contributed by atoms with Gasteiger partial charge in [0.25, 0.3) is 5.91 Å². The molecule has 4 rings (SSSR count). The van der Waals surface area contributed by atoms with E-state index < -0.39 is 5.97 Å². The monoisotopic (exact) mass is 424 g/mol. The van der Waals surface area contributed by atoms with Crippen LogP contribution in [0.2, 0.25) is 0 Å². The Morgan fingerprint density at radius 3 is 2.69 bits per heavy atom. The number of carbonyl (C=O) groups excluding carboxylic acids is 1. The third-order valence-corrected chi connectivity index (χ3v) is 6.43. The average molecular weight is 425 g/mol. The van der Waals surface area contributed by atoms with Gasteiger partial charge < -0.3 is 9.67 Å². The van der Waals surface area contributed by atoms with Gasteiger partial charge in [-0.15, -0.1) is 0 Å². The molecule has 1 amide bonds. The maximum Gasteiger partial charge on any atom is 0.303 e. The number of carboxylic acids is 1. The molecule has 1 aliphatic rings. The van der Waals surface area contributed by atoms with Crippen LogP contribution < -0.4 is 0 Å². The molecule has 1 N–H and O–H groups in total. The number of carboxylic acid groups (broad SMARTS) is 1. The fraction of sp³-hybridized carbons (Fsp3) is 0.227. The maximum absolute atomic E-state index is 12.7. The smallest absolute Gasteiger partial charge is 0.303 e. The Morgan fingerprint density at radius 1 is 1.17 bits per heavy atom. The summed E-state index contributed by atoms with van der Waals surface area (Å²) in [6.45, 7) is 3.35. The minimum Gasteiger partial charge on any atom is -0.481 e. The molecule has 0 bridgehead atoms. The van der Waals surface area contributed by atoms with Crippen molar-refractivity contribution in [1.29, 1.82) is 0 Å². The molecular formula is C22H20N2O3S2. The molecule has 1 fully saturated rings. The lowest BCUT2D eigenvalue weighted by Crippen LogP contribution is -2.29. The molecule has 0 saturated carbocycles. The van der Waals surface area contributed by atoms with Crippen LogP contribution in [0.4, 0.5) is 0 Å². The Labute approximate surface area is 178 Å². The third kappa shape index (κ3) is 3.68. The molecular weight excluding hydrogens is 404 g/mol. The van der Waals surface area contributed by atoms with Crippen LogP contribution in [0.5, 0.6) is 0 Å². The Kier molecular flexibility index (Phi) is 5.43. The predicted molar refractivity (Wildman–Crippen MR) is 122 cm³/mol. The molecule has 0 aliphatic carbocycles. The van der Waals surface area contributed by atoms with E-state index in [9.17, 15) is 9.59 Å². The van der Waals surface area contributed by atoms with E-state index in [0.29, 0.717) is 22.2 Å². The van der Waals surface area contributed by atoms with Crippen LogP contribution in [0.1, 0.15) is 25.3 Å². The number of carbonyl (C=O) groups is 2. The highest BCUT2D eigenvalue weighted by Gasteiger charge is 2.31. The molecule has 2 aromatic carbocycles. The lowest BCUT2D eigenvalue weighted by Gasteiger charge is -2.13. The van der Waals surface area contributed by atoms with Crippen molar-refractivity contribution in [3.63, 3.8) is 0 Å². The van der Waals surface area contributed by atoms with Crippen molar-refractivity contribution in [1.82, 2.24) is 9.47 Å². The van der Waals surface area contributed by atoms with Gasteiger partial charge in [0.1, 0.15) is 4.32 Å². The number of aliphatic carboxylic acids is 1. The van der Waals surface area contributed by atoms with Gasteiger partial charge in [0.2, 0.25) is 0 Å². The van der Waals surface area contributed by atoms with Gasteiger partial charge in [0.05, 0.1) is 4.91 Å². The van der Waals surface area contributed by atoms with E-state index in [2.05, 4.69) is 35.8 Å². The lowest BCUT2D eigenvalue weighted by molar-refractivity contribution is -0.137. The average Bonchev–Trinajstić information content (AvgIpc) is 3.16. The number of nitrogens with zero attached hydrogens (tertiary/aromatic N) is 2. The van der Waals surface area contributed by atoms with Gasteiger partial charge in [-0.1, -0.05) is 48.2 Å².